The van der Waals surface area contributed by atoms with Crippen molar-refractivity contribution in [3.8, 4) is 6.07 Å². The number of benzene rings is 2. The molecule has 2 amide bonds. The van der Waals surface area contributed by atoms with E-state index in [0.29, 0.717) is 19.6 Å². The van der Waals surface area contributed by atoms with E-state index in [1.807, 2.05) is 35.2 Å². The molecule has 1 fully saturated rings. The van der Waals surface area contributed by atoms with E-state index in [4.69, 9.17) is 5.26 Å². The van der Waals surface area contributed by atoms with E-state index in [1.165, 1.54) is 11.1 Å². The van der Waals surface area contributed by atoms with Crippen molar-refractivity contribution >= 4 is 17.5 Å². The second-order valence-corrected chi connectivity index (χ2v) is 7.94. The van der Waals surface area contributed by atoms with Crippen LogP contribution in [-0.4, -0.2) is 54.3 Å². The molecule has 1 aliphatic rings. The van der Waals surface area contributed by atoms with Gasteiger partial charge in [0.2, 0.25) is 11.8 Å². The molecular formula is C25H30N4O2. The van der Waals surface area contributed by atoms with Crippen LogP contribution < -0.4 is 4.90 Å². The second-order valence-electron chi connectivity index (χ2n) is 7.94. The predicted octanol–water partition coefficient (Wildman–Crippen LogP) is 3.37. The molecule has 0 unspecified atom stereocenters. The summed E-state index contributed by atoms with van der Waals surface area (Å²) < 4.78 is 0. The maximum Gasteiger partial charge on any atom is 0.227 e. The molecule has 1 heterocycles. The Labute approximate surface area is 184 Å². The molecule has 0 radical (unpaired) electrons. The minimum atomic E-state index is -0.118. The van der Waals surface area contributed by atoms with Gasteiger partial charge in [0.25, 0.3) is 0 Å². The van der Waals surface area contributed by atoms with Gasteiger partial charge in [-0.3, -0.25) is 14.5 Å². The zero-order chi connectivity index (χ0) is 22.1. The number of rotatable bonds is 8. The van der Waals surface area contributed by atoms with Gasteiger partial charge in [-0.05, 0) is 24.6 Å². The van der Waals surface area contributed by atoms with E-state index in [0.717, 1.165) is 25.3 Å². The third-order valence-electron chi connectivity index (χ3n) is 5.58. The lowest BCUT2D eigenvalue weighted by molar-refractivity contribution is -0.134. The lowest BCUT2D eigenvalue weighted by Gasteiger charge is -2.35. The van der Waals surface area contributed by atoms with Crippen molar-refractivity contribution in [3.05, 3.63) is 65.7 Å². The van der Waals surface area contributed by atoms with E-state index in [2.05, 4.69) is 42.2 Å². The first-order chi connectivity index (χ1) is 15.1. The van der Waals surface area contributed by atoms with E-state index >= 15 is 0 Å². The normalized spacial score (nSPS) is 14.1. The quantitative estimate of drug-likeness (QED) is 0.659. The number of anilines is 1. The maximum atomic E-state index is 12.8. The smallest absolute Gasteiger partial charge is 0.227 e. The lowest BCUT2D eigenvalue weighted by Crippen LogP contribution is -2.48. The van der Waals surface area contributed by atoms with Crippen molar-refractivity contribution < 1.29 is 9.59 Å². The third-order valence-corrected chi connectivity index (χ3v) is 5.58. The van der Waals surface area contributed by atoms with Crippen LogP contribution in [0, 0.1) is 18.3 Å². The van der Waals surface area contributed by atoms with Gasteiger partial charge in [-0.2, -0.15) is 5.26 Å². The summed E-state index contributed by atoms with van der Waals surface area (Å²) >= 11 is 0. The van der Waals surface area contributed by atoms with Gasteiger partial charge in [0.1, 0.15) is 0 Å². The Kier molecular flexibility index (Phi) is 8.19. The molecule has 0 aliphatic carbocycles. The molecular weight excluding hydrogens is 388 g/mol. The van der Waals surface area contributed by atoms with Crippen LogP contribution >= 0.6 is 0 Å². The monoisotopic (exact) mass is 418 g/mol. The molecule has 0 atom stereocenters. The fourth-order valence-electron chi connectivity index (χ4n) is 3.90. The number of carbonyl (C=O) groups excluding carboxylic acids is 2. The van der Waals surface area contributed by atoms with Crippen LogP contribution in [0.25, 0.3) is 0 Å². The van der Waals surface area contributed by atoms with Crippen molar-refractivity contribution in [3.63, 3.8) is 0 Å². The summed E-state index contributed by atoms with van der Waals surface area (Å²) in [5, 5.41) is 8.91. The van der Waals surface area contributed by atoms with Gasteiger partial charge in [-0.1, -0.05) is 48.0 Å². The fourth-order valence-corrected chi connectivity index (χ4v) is 3.90. The van der Waals surface area contributed by atoms with Crippen molar-refractivity contribution in [1.29, 1.82) is 5.26 Å². The zero-order valence-corrected chi connectivity index (χ0v) is 18.2. The van der Waals surface area contributed by atoms with E-state index < -0.39 is 0 Å². The van der Waals surface area contributed by atoms with Crippen LogP contribution in [0.15, 0.2) is 54.6 Å². The molecule has 1 aliphatic heterocycles. The number of para-hydroxylation sites is 1. The minimum absolute atomic E-state index is 0.0249. The van der Waals surface area contributed by atoms with E-state index in [9.17, 15) is 9.59 Å². The minimum Gasteiger partial charge on any atom is -0.340 e. The summed E-state index contributed by atoms with van der Waals surface area (Å²) in [4.78, 5) is 31.3. The highest BCUT2D eigenvalue weighted by Gasteiger charge is 2.23. The molecule has 0 N–H and O–H groups in total. The van der Waals surface area contributed by atoms with Crippen LogP contribution in [0.3, 0.4) is 0 Å². The lowest BCUT2D eigenvalue weighted by atomic mass is 10.1. The molecule has 3 rings (SSSR count). The summed E-state index contributed by atoms with van der Waals surface area (Å²) in [6, 6.07) is 19.9. The van der Waals surface area contributed by atoms with Gasteiger partial charge in [0.15, 0.2) is 0 Å². The Morgan fingerprint density at radius 3 is 2.42 bits per heavy atom. The van der Waals surface area contributed by atoms with Crippen molar-refractivity contribution in [2.75, 3.05) is 37.6 Å². The zero-order valence-electron chi connectivity index (χ0n) is 18.2. The average molecular weight is 419 g/mol. The molecule has 1 saturated heterocycles. The number of carbonyl (C=O) groups is 2. The maximum absolute atomic E-state index is 12.8. The van der Waals surface area contributed by atoms with Gasteiger partial charge in [-0.25, -0.2) is 0 Å². The number of hydrogen-bond donors (Lipinski definition) is 0. The number of aryl methyl sites for hydroxylation is 1. The number of nitrogens with zero attached hydrogens (tertiary/aromatic N) is 4. The van der Waals surface area contributed by atoms with Gasteiger partial charge < -0.3 is 9.80 Å². The fraction of sp³-hybridized carbons (Fsp3) is 0.400. The van der Waals surface area contributed by atoms with Gasteiger partial charge in [-0.15, -0.1) is 0 Å². The highest BCUT2D eigenvalue weighted by molar-refractivity contribution is 5.95. The first-order valence-corrected chi connectivity index (χ1v) is 10.8. The largest absolute Gasteiger partial charge is 0.340 e. The summed E-state index contributed by atoms with van der Waals surface area (Å²) in [5.74, 6) is -0.0928. The highest BCUT2D eigenvalue weighted by atomic mass is 16.2. The van der Waals surface area contributed by atoms with Gasteiger partial charge >= 0.3 is 0 Å². The summed E-state index contributed by atoms with van der Waals surface area (Å²) in [6.07, 6.45) is 0.618. The SMILES string of the molecule is Cc1cccc(CN2CCN(C(=O)CCC(=O)N(CCC#N)c3ccccc3)CC2)c1. The van der Waals surface area contributed by atoms with Crippen molar-refractivity contribution in [1.82, 2.24) is 9.80 Å². The Balaban J connectivity index is 1.47. The molecule has 0 bridgehead atoms. The number of amides is 2. The topological polar surface area (TPSA) is 67.7 Å². The van der Waals surface area contributed by atoms with Crippen LogP contribution in [0.1, 0.15) is 30.4 Å². The number of nitriles is 1. The molecule has 6 nitrogen and oxygen atoms in total. The molecule has 162 valence electrons. The molecule has 0 saturated carbocycles. The average Bonchev–Trinajstić information content (AvgIpc) is 2.79. The first-order valence-electron chi connectivity index (χ1n) is 10.8. The Morgan fingerprint density at radius 2 is 1.74 bits per heavy atom. The van der Waals surface area contributed by atoms with E-state index in [1.54, 1.807) is 4.90 Å². The Hall–Kier alpha value is -3.17. The third kappa shape index (κ3) is 6.66. The predicted molar refractivity (Wildman–Crippen MR) is 121 cm³/mol. The number of hydrogen-bond acceptors (Lipinski definition) is 4. The van der Waals surface area contributed by atoms with Crippen LogP contribution in [0.5, 0.6) is 0 Å². The Bertz CT molecular complexity index is 915. The summed E-state index contributed by atoms with van der Waals surface area (Å²) in [7, 11) is 0. The molecule has 6 heteroatoms. The van der Waals surface area contributed by atoms with Crippen LogP contribution in [0.4, 0.5) is 5.69 Å². The van der Waals surface area contributed by atoms with Gasteiger partial charge in [0, 0.05) is 57.8 Å². The second kappa shape index (κ2) is 11.3. The van der Waals surface area contributed by atoms with Crippen LogP contribution in [-0.2, 0) is 16.1 Å². The van der Waals surface area contributed by atoms with Crippen molar-refractivity contribution in [2.45, 2.75) is 32.7 Å². The van der Waals surface area contributed by atoms with Crippen LogP contribution in [0.2, 0.25) is 0 Å². The number of piperazine rings is 1. The standard InChI is InChI=1S/C25H30N4O2/c1-21-7-5-8-22(19-21)20-27-15-17-28(18-16-27)24(30)11-12-25(31)29(14-6-13-26)23-9-3-2-4-10-23/h2-5,7-10,19H,6,11-12,14-18,20H2,1H3. The van der Waals surface area contributed by atoms with E-state index in [-0.39, 0.29) is 31.1 Å². The molecule has 0 aromatic heterocycles. The summed E-state index contributed by atoms with van der Waals surface area (Å²) in [5.41, 5.74) is 3.32. The summed E-state index contributed by atoms with van der Waals surface area (Å²) in [6.45, 7) is 6.39. The first kappa shape index (κ1) is 22.5. The van der Waals surface area contributed by atoms with Gasteiger partial charge in [0.05, 0.1) is 12.5 Å². The molecule has 2 aromatic carbocycles. The van der Waals surface area contributed by atoms with Crippen molar-refractivity contribution in [2.24, 2.45) is 0 Å². The molecule has 0 spiro atoms. The molecule has 31 heavy (non-hydrogen) atoms. The highest BCUT2D eigenvalue weighted by Crippen LogP contribution is 2.17. The molecule has 2 aromatic rings. The Morgan fingerprint density at radius 1 is 1.00 bits per heavy atom.